The fourth-order valence-corrected chi connectivity index (χ4v) is 2.27. The van der Waals surface area contributed by atoms with Crippen molar-refractivity contribution in [3.63, 3.8) is 0 Å². The fourth-order valence-electron chi connectivity index (χ4n) is 2.07. The van der Waals surface area contributed by atoms with Gasteiger partial charge in [-0.15, -0.1) is 0 Å². The van der Waals surface area contributed by atoms with Gasteiger partial charge in [0, 0.05) is 16.1 Å². The van der Waals surface area contributed by atoms with E-state index in [0.29, 0.717) is 22.3 Å². The number of hydrogen-bond acceptors (Lipinski definition) is 5. The molecule has 6 heteroatoms. The largest absolute Gasteiger partial charge is 0.496 e. The predicted molar refractivity (Wildman–Crippen MR) is 89.9 cm³/mol. The smallest absolute Gasteiger partial charge is 0.169 e. The molecule has 0 aliphatic carbocycles. The van der Waals surface area contributed by atoms with Crippen molar-refractivity contribution < 1.29 is 19.0 Å². The Morgan fingerprint density at radius 3 is 2.48 bits per heavy atom. The number of para-hydroxylation sites is 1. The van der Waals surface area contributed by atoms with Crippen LogP contribution in [0.15, 0.2) is 41.6 Å². The molecule has 122 valence electrons. The molecule has 0 fully saturated rings. The number of methoxy groups -OCH3 is 3. The third kappa shape index (κ3) is 4.29. The van der Waals surface area contributed by atoms with Crippen LogP contribution < -0.4 is 14.2 Å². The maximum Gasteiger partial charge on any atom is 0.169 e. The standard InChI is InChI=1S/C17H18ClNO4/c1-20-15-8-7-14(18)9-13(15)11-23-19-10-12-5-4-6-16(21-2)17(12)22-3/h4-10H,11H2,1-3H3. The highest BCUT2D eigenvalue weighted by Crippen LogP contribution is 2.29. The Bertz CT molecular complexity index is 688. The normalized spacial score (nSPS) is 10.6. The van der Waals surface area contributed by atoms with Gasteiger partial charge in [-0.1, -0.05) is 22.8 Å². The van der Waals surface area contributed by atoms with Gasteiger partial charge in [-0.25, -0.2) is 0 Å². The molecular weight excluding hydrogens is 318 g/mol. The van der Waals surface area contributed by atoms with Crippen LogP contribution in [0.5, 0.6) is 17.2 Å². The third-order valence-electron chi connectivity index (χ3n) is 3.16. The van der Waals surface area contributed by atoms with Crippen LogP contribution in [0.3, 0.4) is 0 Å². The second-order valence-electron chi connectivity index (χ2n) is 4.55. The summed E-state index contributed by atoms with van der Waals surface area (Å²) in [4.78, 5) is 5.33. The molecular formula is C17H18ClNO4. The molecule has 0 bridgehead atoms. The highest BCUT2D eigenvalue weighted by atomic mass is 35.5. The van der Waals surface area contributed by atoms with E-state index in [0.717, 1.165) is 11.1 Å². The zero-order chi connectivity index (χ0) is 16.7. The van der Waals surface area contributed by atoms with Gasteiger partial charge in [0.05, 0.1) is 27.5 Å². The first-order chi connectivity index (χ1) is 11.2. The van der Waals surface area contributed by atoms with E-state index in [-0.39, 0.29) is 6.61 Å². The topological polar surface area (TPSA) is 49.3 Å². The number of ether oxygens (including phenoxy) is 3. The molecule has 0 saturated carbocycles. The number of nitrogens with zero attached hydrogens (tertiary/aromatic N) is 1. The van der Waals surface area contributed by atoms with Crippen molar-refractivity contribution in [1.82, 2.24) is 0 Å². The summed E-state index contributed by atoms with van der Waals surface area (Å²) in [5.74, 6) is 1.93. The molecule has 0 heterocycles. The van der Waals surface area contributed by atoms with E-state index < -0.39 is 0 Å². The summed E-state index contributed by atoms with van der Waals surface area (Å²) in [6, 6.07) is 10.8. The maximum absolute atomic E-state index is 5.98. The summed E-state index contributed by atoms with van der Waals surface area (Å²) in [5, 5.41) is 4.58. The van der Waals surface area contributed by atoms with Gasteiger partial charge in [-0.3, -0.25) is 0 Å². The van der Waals surface area contributed by atoms with Gasteiger partial charge in [-0.2, -0.15) is 0 Å². The highest BCUT2D eigenvalue weighted by molar-refractivity contribution is 6.30. The first-order valence-corrected chi connectivity index (χ1v) is 7.26. The van der Waals surface area contributed by atoms with Crippen molar-refractivity contribution >= 4 is 17.8 Å². The minimum absolute atomic E-state index is 0.243. The first-order valence-electron chi connectivity index (χ1n) is 6.88. The second kappa shape index (κ2) is 8.29. The molecule has 2 rings (SSSR count). The minimum Gasteiger partial charge on any atom is -0.496 e. The maximum atomic E-state index is 5.98. The lowest BCUT2D eigenvalue weighted by Gasteiger charge is -2.10. The van der Waals surface area contributed by atoms with E-state index in [9.17, 15) is 0 Å². The van der Waals surface area contributed by atoms with E-state index in [1.165, 1.54) is 0 Å². The Hall–Kier alpha value is -2.40. The van der Waals surface area contributed by atoms with E-state index in [4.69, 9.17) is 30.6 Å². The summed E-state index contributed by atoms with van der Waals surface area (Å²) in [6.45, 7) is 0.243. The molecule has 0 radical (unpaired) electrons. The van der Waals surface area contributed by atoms with Gasteiger partial charge >= 0.3 is 0 Å². The van der Waals surface area contributed by atoms with E-state index >= 15 is 0 Å². The Morgan fingerprint density at radius 1 is 1.00 bits per heavy atom. The Morgan fingerprint density at radius 2 is 1.78 bits per heavy atom. The SMILES string of the molecule is COc1ccc(Cl)cc1CON=Cc1cccc(OC)c1OC. The number of hydrogen-bond donors (Lipinski definition) is 0. The van der Waals surface area contributed by atoms with Crippen molar-refractivity contribution in [2.24, 2.45) is 5.16 Å². The van der Waals surface area contributed by atoms with E-state index in [1.54, 1.807) is 45.7 Å². The average Bonchev–Trinajstić information content (AvgIpc) is 2.58. The van der Waals surface area contributed by atoms with Crippen LogP contribution in [-0.2, 0) is 11.4 Å². The monoisotopic (exact) mass is 335 g/mol. The zero-order valence-corrected chi connectivity index (χ0v) is 14.0. The van der Waals surface area contributed by atoms with Crippen molar-refractivity contribution in [2.45, 2.75) is 6.61 Å². The van der Waals surface area contributed by atoms with Crippen LogP contribution in [0.4, 0.5) is 0 Å². The lowest BCUT2D eigenvalue weighted by Crippen LogP contribution is -1.96. The molecule has 2 aromatic rings. The van der Waals surface area contributed by atoms with Crippen LogP contribution >= 0.6 is 11.6 Å². The van der Waals surface area contributed by atoms with Crippen molar-refractivity contribution in [1.29, 1.82) is 0 Å². The highest BCUT2D eigenvalue weighted by Gasteiger charge is 2.08. The molecule has 5 nitrogen and oxygen atoms in total. The molecule has 2 aromatic carbocycles. The molecule has 0 spiro atoms. The number of halogens is 1. The third-order valence-corrected chi connectivity index (χ3v) is 3.40. The summed E-state index contributed by atoms with van der Waals surface area (Å²) in [5.41, 5.74) is 1.57. The Labute approximate surface area is 140 Å². The van der Waals surface area contributed by atoms with Crippen LogP contribution in [0, 0.1) is 0 Å². The molecule has 0 amide bonds. The molecule has 0 aliphatic rings. The lowest BCUT2D eigenvalue weighted by molar-refractivity contribution is 0.130. The van der Waals surface area contributed by atoms with Crippen molar-refractivity contribution in [3.8, 4) is 17.2 Å². The second-order valence-corrected chi connectivity index (χ2v) is 4.98. The van der Waals surface area contributed by atoms with Crippen LogP contribution in [0.2, 0.25) is 5.02 Å². The number of rotatable bonds is 7. The molecule has 0 unspecified atom stereocenters. The predicted octanol–water partition coefficient (Wildman–Crippen LogP) is 3.92. The summed E-state index contributed by atoms with van der Waals surface area (Å²) >= 11 is 5.98. The van der Waals surface area contributed by atoms with Gasteiger partial charge in [0.1, 0.15) is 12.4 Å². The zero-order valence-electron chi connectivity index (χ0n) is 13.2. The van der Waals surface area contributed by atoms with Crippen LogP contribution in [0.1, 0.15) is 11.1 Å². The van der Waals surface area contributed by atoms with Crippen LogP contribution in [-0.4, -0.2) is 27.5 Å². The van der Waals surface area contributed by atoms with E-state index in [1.807, 2.05) is 18.2 Å². The number of benzene rings is 2. The van der Waals surface area contributed by atoms with Crippen molar-refractivity contribution in [3.05, 3.63) is 52.5 Å². The molecule has 0 aromatic heterocycles. The molecule has 23 heavy (non-hydrogen) atoms. The van der Waals surface area contributed by atoms with E-state index in [2.05, 4.69) is 5.16 Å². The Balaban J connectivity index is 2.07. The van der Waals surface area contributed by atoms with Gasteiger partial charge in [0.15, 0.2) is 11.5 Å². The lowest BCUT2D eigenvalue weighted by atomic mass is 10.2. The van der Waals surface area contributed by atoms with Crippen LogP contribution in [0.25, 0.3) is 0 Å². The average molecular weight is 336 g/mol. The Kier molecular flexibility index (Phi) is 6.11. The quantitative estimate of drug-likeness (QED) is 0.568. The molecule has 0 atom stereocenters. The summed E-state index contributed by atoms with van der Waals surface area (Å²) < 4.78 is 15.8. The number of oxime groups is 1. The molecule has 0 saturated heterocycles. The van der Waals surface area contributed by atoms with Gasteiger partial charge < -0.3 is 19.0 Å². The minimum atomic E-state index is 0.243. The molecule has 0 N–H and O–H groups in total. The molecule has 0 aliphatic heterocycles. The van der Waals surface area contributed by atoms with Gasteiger partial charge in [-0.05, 0) is 30.3 Å². The van der Waals surface area contributed by atoms with Crippen molar-refractivity contribution in [2.75, 3.05) is 21.3 Å². The van der Waals surface area contributed by atoms with Gasteiger partial charge in [0.25, 0.3) is 0 Å². The summed E-state index contributed by atoms with van der Waals surface area (Å²) in [6.07, 6.45) is 1.57. The first kappa shape index (κ1) is 17.0. The summed E-state index contributed by atoms with van der Waals surface area (Å²) in [7, 11) is 4.75. The van der Waals surface area contributed by atoms with Gasteiger partial charge in [0.2, 0.25) is 0 Å². The fraction of sp³-hybridized carbons (Fsp3) is 0.235.